The Bertz CT molecular complexity index is 924. The van der Waals surface area contributed by atoms with Crippen LogP contribution in [0.25, 0.3) is 0 Å². The van der Waals surface area contributed by atoms with E-state index in [1.54, 1.807) is 18.2 Å². The first kappa shape index (κ1) is 18.1. The second-order valence-corrected chi connectivity index (χ2v) is 7.67. The Hall–Kier alpha value is -2.67. The third kappa shape index (κ3) is 3.35. The predicted octanol–water partition coefficient (Wildman–Crippen LogP) is 3.16. The number of nitrogens with zero attached hydrogens (tertiary/aromatic N) is 1. The number of rotatable bonds is 6. The Morgan fingerprint density at radius 1 is 1.15 bits per heavy atom. The number of benzene rings is 2. The zero-order valence-corrected chi connectivity index (χ0v) is 15.6. The van der Waals surface area contributed by atoms with E-state index < -0.39 is 10.0 Å². The summed E-state index contributed by atoms with van der Waals surface area (Å²) in [7, 11) is -2.34. The molecule has 3 rings (SSSR count). The second kappa shape index (κ2) is 7.29. The standard InChI is InChI=1S/C19H21NO5S/c1-4-9-20(16-12-14(2)5-7-17(16)23-3)26(21,22)15-6-8-18-19(13-15)25-11-10-24-18/h4-8,12-13H,1,9-11H2,2-3H3. The average molecular weight is 375 g/mol. The number of sulfonamides is 1. The summed E-state index contributed by atoms with van der Waals surface area (Å²) in [5, 5.41) is 0. The fourth-order valence-corrected chi connectivity index (χ4v) is 4.20. The van der Waals surface area contributed by atoms with Crippen molar-refractivity contribution in [3.05, 3.63) is 54.6 Å². The fraction of sp³-hybridized carbons (Fsp3) is 0.263. The number of ether oxygens (including phenoxy) is 3. The highest BCUT2D eigenvalue weighted by molar-refractivity contribution is 7.92. The van der Waals surface area contributed by atoms with E-state index in [1.165, 1.54) is 29.6 Å². The highest BCUT2D eigenvalue weighted by atomic mass is 32.2. The van der Waals surface area contributed by atoms with Gasteiger partial charge in [0.05, 0.1) is 24.2 Å². The maximum atomic E-state index is 13.3. The van der Waals surface area contributed by atoms with E-state index in [-0.39, 0.29) is 11.4 Å². The van der Waals surface area contributed by atoms with Gasteiger partial charge in [-0.25, -0.2) is 8.42 Å². The summed E-state index contributed by atoms with van der Waals surface area (Å²) in [4.78, 5) is 0.118. The summed E-state index contributed by atoms with van der Waals surface area (Å²) in [5.41, 5.74) is 1.38. The van der Waals surface area contributed by atoms with E-state index >= 15 is 0 Å². The summed E-state index contributed by atoms with van der Waals surface area (Å²) < 4.78 is 44.2. The molecule has 138 valence electrons. The summed E-state index contributed by atoms with van der Waals surface area (Å²) >= 11 is 0. The van der Waals surface area contributed by atoms with Crippen LogP contribution in [0.3, 0.4) is 0 Å². The van der Waals surface area contributed by atoms with Crippen molar-refractivity contribution in [1.82, 2.24) is 0 Å². The maximum absolute atomic E-state index is 13.3. The highest BCUT2D eigenvalue weighted by Gasteiger charge is 2.28. The molecule has 26 heavy (non-hydrogen) atoms. The quantitative estimate of drug-likeness (QED) is 0.726. The van der Waals surface area contributed by atoms with Gasteiger partial charge < -0.3 is 14.2 Å². The molecule has 7 heteroatoms. The SMILES string of the molecule is C=CCN(c1cc(C)ccc1OC)S(=O)(=O)c1ccc2c(c1)OCCO2. The van der Waals surface area contributed by atoms with Crippen LogP contribution in [0.15, 0.2) is 53.9 Å². The Kier molecular flexibility index (Phi) is 5.08. The van der Waals surface area contributed by atoms with Crippen LogP contribution >= 0.6 is 0 Å². The first-order chi connectivity index (χ1) is 12.5. The van der Waals surface area contributed by atoms with E-state index in [1.807, 2.05) is 13.0 Å². The molecule has 2 aromatic carbocycles. The van der Waals surface area contributed by atoms with Crippen LogP contribution in [0.2, 0.25) is 0 Å². The fourth-order valence-electron chi connectivity index (χ4n) is 2.75. The van der Waals surface area contributed by atoms with E-state index in [9.17, 15) is 8.42 Å². The third-order valence-electron chi connectivity index (χ3n) is 4.00. The minimum absolute atomic E-state index is 0.108. The molecular formula is C19H21NO5S. The lowest BCUT2D eigenvalue weighted by Gasteiger charge is -2.26. The predicted molar refractivity (Wildman–Crippen MR) is 99.9 cm³/mol. The highest BCUT2D eigenvalue weighted by Crippen LogP contribution is 2.37. The number of hydrogen-bond acceptors (Lipinski definition) is 5. The first-order valence-corrected chi connectivity index (χ1v) is 9.59. The first-order valence-electron chi connectivity index (χ1n) is 8.15. The molecule has 2 aromatic rings. The van der Waals surface area contributed by atoms with Crippen molar-refractivity contribution in [3.8, 4) is 17.2 Å². The molecule has 0 radical (unpaired) electrons. The summed E-state index contributed by atoms with van der Waals surface area (Å²) in [5.74, 6) is 1.43. The summed E-state index contributed by atoms with van der Waals surface area (Å²) in [6, 6.07) is 10.0. The van der Waals surface area contributed by atoms with Crippen molar-refractivity contribution in [3.63, 3.8) is 0 Å². The molecule has 1 aliphatic rings. The monoisotopic (exact) mass is 375 g/mol. The van der Waals surface area contributed by atoms with Crippen molar-refractivity contribution in [2.24, 2.45) is 0 Å². The van der Waals surface area contributed by atoms with Crippen LogP contribution in [0.5, 0.6) is 17.2 Å². The molecule has 0 saturated heterocycles. The zero-order valence-electron chi connectivity index (χ0n) is 14.8. The molecule has 0 atom stereocenters. The molecule has 0 aromatic heterocycles. The minimum Gasteiger partial charge on any atom is -0.495 e. The second-order valence-electron chi connectivity index (χ2n) is 5.81. The number of aryl methyl sites for hydroxylation is 1. The lowest BCUT2D eigenvalue weighted by molar-refractivity contribution is 0.171. The van der Waals surface area contributed by atoms with Gasteiger partial charge in [0.2, 0.25) is 0 Å². The normalized spacial score (nSPS) is 13.2. The number of methoxy groups -OCH3 is 1. The smallest absolute Gasteiger partial charge is 0.264 e. The van der Waals surface area contributed by atoms with Crippen LogP contribution in [0, 0.1) is 6.92 Å². The molecule has 0 N–H and O–H groups in total. The zero-order chi connectivity index (χ0) is 18.7. The van der Waals surface area contributed by atoms with Gasteiger partial charge in [-0.1, -0.05) is 12.1 Å². The van der Waals surface area contributed by atoms with Crippen molar-refractivity contribution in [2.45, 2.75) is 11.8 Å². The Balaban J connectivity index is 2.10. The van der Waals surface area contributed by atoms with Gasteiger partial charge in [0.25, 0.3) is 10.0 Å². The topological polar surface area (TPSA) is 65.1 Å². The lowest BCUT2D eigenvalue weighted by atomic mass is 10.2. The molecule has 0 unspecified atom stereocenters. The Morgan fingerprint density at radius 3 is 2.58 bits per heavy atom. The van der Waals surface area contributed by atoms with Crippen LogP contribution < -0.4 is 18.5 Å². The van der Waals surface area contributed by atoms with E-state index in [4.69, 9.17) is 14.2 Å². The molecule has 6 nitrogen and oxygen atoms in total. The largest absolute Gasteiger partial charge is 0.495 e. The molecule has 1 aliphatic heterocycles. The van der Waals surface area contributed by atoms with Crippen molar-refractivity contribution >= 4 is 15.7 Å². The number of anilines is 1. The summed E-state index contributed by atoms with van der Waals surface area (Å²) in [6.45, 7) is 6.53. The summed E-state index contributed by atoms with van der Waals surface area (Å²) in [6.07, 6.45) is 1.54. The Morgan fingerprint density at radius 2 is 1.88 bits per heavy atom. The average Bonchev–Trinajstić information content (AvgIpc) is 2.65. The molecule has 0 spiro atoms. The van der Waals surface area contributed by atoms with Crippen LogP contribution in [0.1, 0.15) is 5.56 Å². The molecule has 1 heterocycles. The van der Waals surface area contributed by atoms with Gasteiger partial charge in [0.1, 0.15) is 19.0 Å². The molecule has 0 saturated carbocycles. The van der Waals surface area contributed by atoms with Crippen molar-refractivity contribution in [2.75, 3.05) is 31.2 Å². The van der Waals surface area contributed by atoms with Crippen molar-refractivity contribution in [1.29, 1.82) is 0 Å². The van der Waals surface area contributed by atoms with Gasteiger partial charge in [0, 0.05) is 6.07 Å². The van der Waals surface area contributed by atoms with Gasteiger partial charge in [-0.15, -0.1) is 6.58 Å². The van der Waals surface area contributed by atoms with Gasteiger partial charge in [-0.05, 0) is 36.8 Å². The molecule has 0 aliphatic carbocycles. The van der Waals surface area contributed by atoms with Crippen LogP contribution in [0.4, 0.5) is 5.69 Å². The van der Waals surface area contributed by atoms with Gasteiger partial charge in [-0.3, -0.25) is 4.31 Å². The van der Waals surface area contributed by atoms with Gasteiger partial charge in [-0.2, -0.15) is 0 Å². The van der Waals surface area contributed by atoms with Crippen LogP contribution in [-0.4, -0.2) is 35.3 Å². The van der Waals surface area contributed by atoms with Crippen molar-refractivity contribution < 1.29 is 22.6 Å². The maximum Gasteiger partial charge on any atom is 0.264 e. The van der Waals surface area contributed by atoms with E-state index in [2.05, 4.69) is 6.58 Å². The molecule has 0 fully saturated rings. The van der Waals surface area contributed by atoms with E-state index in [0.29, 0.717) is 36.1 Å². The number of hydrogen-bond donors (Lipinski definition) is 0. The molecule has 0 bridgehead atoms. The van der Waals surface area contributed by atoms with Gasteiger partial charge in [0.15, 0.2) is 11.5 Å². The third-order valence-corrected chi connectivity index (χ3v) is 5.78. The Labute approximate surface area is 153 Å². The van der Waals surface area contributed by atoms with Gasteiger partial charge >= 0.3 is 0 Å². The van der Waals surface area contributed by atoms with E-state index in [0.717, 1.165) is 5.56 Å². The minimum atomic E-state index is -3.85. The molecular weight excluding hydrogens is 354 g/mol. The molecule has 0 amide bonds. The number of fused-ring (bicyclic) bond motifs is 1. The van der Waals surface area contributed by atoms with Crippen LogP contribution in [-0.2, 0) is 10.0 Å². The lowest BCUT2D eigenvalue weighted by Crippen LogP contribution is -2.31.